The molecule has 4 rings (SSSR count). The minimum atomic E-state index is 0.635. The summed E-state index contributed by atoms with van der Waals surface area (Å²) in [6.45, 7) is 5.57. The van der Waals surface area contributed by atoms with Crippen LogP contribution in [0.15, 0.2) is 36.5 Å². The normalized spacial score (nSPS) is 15.0. The van der Waals surface area contributed by atoms with Gasteiger partial charge in [0.25, 0.3) is 0 Å². The second-order valence-corrected chi connectivity index (χ2v) is 7.31. The van der Waals surface area contributed by atoms with Gasteiger partial charge in [-0.1, -0.05) is 6.07 Å². The van der Waals surface area contributed by atoms with E-state index in [2.05, 4.69) is 32.9 Å². The summed E-state index contributed by atoms with van der Waals surface area (Å²) in [6.07, 6.45) is 3.03. The molecule has 1 saturated heterocycles. The van der Waals surface area contributed by atoms with E-state index in [0.717, 1.165) is 56.0 Å². The van der Waals surface area contributed by atoms with E-state index in [1.807, 2.05) is 18.2 Å². The molecule has 1 aliphatic rings. The number of benzene rings is 1. The lowest BCUT2D eigenvalue weighted by Gasteiger charge is -2.27. The Labute approximate surface area is 171 Å². The van der Waals surface area contributed by atoms with Gasteiger partial charge in [0.05, 0.1) is 25.6 Å². The van der Waals surface area contributed by atoms with E-state index in [-0.39, 0.29) is 0 Å². The molecule has 0 aliphatic carbocycles. The summed E-state index contributed by atoms with van der Waals surface area (Å²) in [5.74, 6) is 1.42. The van der Waals surface area contributed by atoms with Crippen molar-refractivity contribution in [3.8, 4) is 22.8 Å². The summed E-state index contributed by atoms with van der Waals surface area (Å²) in [5.41, 5.74) is 11.1. The van der Waals surface area contributed by atoms with Crippen LogP contribution in [0, 0.1) is 0 Å². The number of hydrogen-bond acceptors (Lipinski definition) is 6. The van der Waals surface area contributed by atoms with Gasteiger partial charge >= 0.3 is 0 Å². The van der Waals surface area contributed by atoms with Crippen LogP contribution in [0.3, 0.4) is 0 Å². The Bertz CT molecular complexity index is 979. The average molecular weight is 396 g/mol. The van der Waals surface area contributed by atoms with Crippen LogP contribution >= 0.6 is 0 Å². The fourth-order valence-electron chi connectivity index (χ4n) is 3.90. The van der Waals surface area contributed by atoms with Crippen molar-refractivity contribution in [2.24, 2.45) is 5.73 Å². The van der Waals surface area contributed by atoms with Crippen molar-refractivity contribution < 1.29 is 9.47 Å². The summed E-state index contributed by atoms with van der Waals surface area (Å²) in [7, 11) is 3.31. The van der Waals surface area contributed by atoms with E-state index in [1.54, 1.807) is 14.2 Å². The van der Waals surface area contributed by atoms with Crippen LogP contribution in [-0.4, -0.2) is 61.2 Å². The highest BCUT2D eigenvalue weighted by Gasteiger charge is 2.20. The minimum absolute atomic E-state index is 0.635. The lowest BCUT2D eigenvalue weighted by molar-refractivity contribution is 0.230. The first-order chi connectivity index (χ1) is 14.2. The molecule has 0 saturated carbocycles. The molecule has 29 heavy (non-hydrogen) atoms. The molecule has 7 heteroatoms. The van der Waals surface area contributed by atoms with Crippen molar-refractivity contribution in [3.63, 3.8) is 0 Å². The number of aromatic nitrogens is 2. The van der Waals surface area contributed by atoms with Crippen LogP contribution in [-0.2, 0) is 13.0 Å². The Morgan fingerprint density at radius 2 is 1.86 bits per heavy atom. The lowest BCUT2D eigenvalue weighted by Crippen LogP contribution is -2.43. The van der Waals surface area contributed by atoms with E-state index in [0.29, 0.717) is 18.0 Å². The number of pyridine rings is 1. The Hall–Kier alpha value is -2.61. The predicted molar refractivity (Wildman–Crippen MR) is 115 cm³/mol. The molecule has 0 atom stereocenters. The van der Waals surface area contributed by atoms with Gasteiger partial charge in [-0.3, -0.25) is 4.90 Å². The summed E-state index contributed by atoms with van der Waals surface area (Å²) in [5, 5.41) is 3.42. The predicted octanol–water partition coefficient (Wildman–Crippen LogP) is 1.92. The van der Waals surface area contributed by atoms with E-state index >= 15 is 0 Å². The molecule has 0 unspecified atom stereocenters. The smallest absolute Gasteiger partial charge is 0.161 e. The second kappa shape index (κ2) is 8.82. The zero-order valence-electron chi connectivity index (χ0n) is 17.1. The van der Waals surface area contributed by atoms with Gasteiger partial charge in [-0.05, 0) is 42.8 Å². The van der Waals surface area contributed by atoms with Gasteiger partial charge < -0.3 is 24.9 Å². The van der Waals surface area contributed by atoms with Crippen LogP contribution in [0.25, 0.3) is 16.9 Å². The van der Waals surface area contributed by atoms with Gasteiger partial charge in [-0.15, -0.1) is 0 Å². The monoisotopic (exact) mass is 395 g/mol. The van der Waals surface area contributed by atoms with Gasteiger partial charge in [-0.25, -0.2) is 4.98 Å². The number of fused-ring (bicyclic) bond motifs is 1. The van der Waals surface area contributed by atoms with E-state index in [1.165, 1.54) is 11.3 Å². The van der Waals surface area contributed by atoms with Crippen molar-refractivity contribution in [1.82, 2.24) is 19.6 Å². The van der Waals surface area contributed by atoms with Crippen molar-refractivity contribution in [3.05, 3.63) is 47.8 Å². The number of rotatable bonds is 7. The van der Waals surface area contributed by atoms with E-state index < -0.39 is 0 Å². The first-order valence-electron chi connectivity index (χ1n) is 10.1. The minimum Gasteiger partial charge on any atom is -0.493 e. The molecule has 3 N–H and O–H groups in total. The fourth-order valence-corrected chi connectivity index (χ4v) is 3.90. The number of imidazole rings is 1. The molecular formula is C22H29N5O2. The molecule has 0 amide bonds. The van der Waals surface area contributed by atoms with Gasteiger partial charge in [-0.2, -0.15) is 0 Å². The summed E-state index contributed by atoms with van der Waals surface area (Å²) < 4.78 is 13.1. The second-order valence-electron chi connectivity index (χ2n) is 7.31. The molecule has 2 aromatic heterocycles. The number of piperazine rings is 1. The molecular weight excluding hydrogens is 366 g/mol. The molecule has 0 bridgehead atoms. The highest BCUT2D eigenvalue weighted by molar-refractivity contribution is 5.69. The molecule has 154 valence electrons. The third-order valence-electron chi connectivity index (χ3n) is 5.45. The lowest BCUT2D eigenvalue weighted by atomic mass is 10.1. The molecule has 3 heterocycles. The highest BCUT2D eigenvalue weighted by Crippen LogP contribution is 2.34. The Balaban J connectivity index is 1.82. The van der Waals surface area contributed by atoms with Crippen molar-refractivity contribution in [2.45, 2.75) is 13.0 Å². The number of hydrogen-bond donors (Lipinski definition) is 2. The molecule has 1 aromatic carbocycles. The fraction of sp³-hybridized carbons (Fsp3) is 0.409. The van der Waals surface area contributed by atoms with Crippen LogP contribution in [0.5, 0.6) is 11.5 Å². The van der Waals surface area contributed by atoms with Gasteiger partial charge in [0.1, 0.15) is 5.65 Å². The summed E-state index contributed by atoms with van der Waals surface area (Å²) in [6, 6.07) is 10.2. The van der Waals surface area contributed by atoms with E-state index in [9.17, 15) is 0 Å². The topological polar surface area (TPSA) is 77.0 Å². The zero-order chi connectivity index (χ0) is 20.2. The van der Waals surface area contributed by atoms with E-state index in [4.69, 9.17) is 20.2 Å². The Morgan fingerprint density at radius 3 is 2.59 bits per heavy atom. The number of ether oxygens (including phenoxy) is 2. The molecule has 0 spiro atoms. The number of nitrogens with two attached hydrogens (primary N) is 1. The molecule has 7 nitrogen and oxygen atoms in total. The maximum Gasteiger partial charge on any atom is 0.161 e. The van der Waals surface area contributed by atoms with Crippen molar-refractivity contribution in [2.75, 3.05) is 46.9 Å². The van der Waals surface area contributed by atoms with Crippen LogP contribution in [0.4, 0.5) is 0 Å². The molecule has 3 aromatic rings. The first-order valence-corrected chi connectivity index (χ1v) is 10.1. The van der Waals surface area contributed by atoms with Gasteiger partial charge in [0, 0.05) is 44.5 Å². The standard InChI is InChI=1S/C22H29N5O2/c1-28-19-5-4-17(13-20(19)29-2)22-18(15-26-11-9-24-10-12-26)27-14-16(7-8-23)3-6-21(27)25-22/h3-6,13-14,24H,7-12,15,23H2,1-2H3. The number of methoxy groups -OCH3 is 2. The van der Waals surface area contributed by atoms with Gasteiger partial charge in [0.2, 0.25) is 0 Å². The van der Waals surface area contributed by atoms with Crippen LogP contribution in [0.2, 0.25) is 0 Å². The van der Waals surface area contributed by atoms with Crippen LogP contribution in [0.1, 0.15) is 11.3 Å². The maximum absolute atomic E-state index is 5.78. The Kier molecular flexibility index (Phi) is 5.99. The van der Waals surface area contributed by atoms with Gasteiger partial charge in [0.15, 0.2) is 11.5 Å². The third-order valence-corrected chi connectivity index (χ3v) is 5.45. The summed E-state index contributed by atoms with van der Waals surface area (Å²) in [4.78, 5) is 7.45. The average Bonchev–Trinajstić information content (AvgIpc) is 3.12. The quantitative estimate of drug-likeness (QED) is 0.637. The third kappa shape index (κ3) is 4.07. The molecule has 1 fully saturated rings. The van der Waals surface area contributed by atoms with Crippen molar-refractivity contribution in [1.29, 1.82) is 0 Å². The Morgan fingerprint density at radius 1 is 1.07 bits per heavy atom. The number of nitrogens with one attached hydrogen (secondary N) is 1. The molecule has 1 aliphatic heterocycles. The zero-order valence-corrected chi connectivity index (χ0v) is 17.1. The number of nitrogens with zero attached hydrogens (tertiary/aromatic N) is 3. The first kappa shape index (κ1) is 19.7. The van der Waals surface area contributed by atoms with Crippen LogP contribution < -0.4 is 20.5 Å². The van der Waals surface area contributed by atoms with Crippen molar-refractivity contribution >= 4 is 5.65 Å². The maximum atomic E-state index is 5.78. The SMILES string of the molecule is COc1ccc(-c2nc3ccc(CCN)cn3c2CN2CCNCC2)cc1OC. The molecule has 0 radical (unpaired) electrons. The largest absolute Gasteiger partial charge is 0.493 e. The summed E-state index contributed by atoms with van der Waals surface area (Å²) >= 11 is 0. The highest BCUT2D eigenvalue weighted by atomic mass is 16.5.